The number of unbranched alkanes of at least 4 members (excludes halogenated alkanes) is 3. The Balaban J connectivity index is 1.89. The van der Waals surface area contributed by atoms with E-state index in [2.05, 4.69) is 11.9 Å². The number of ether oxygens (including phenoxy) is 2. The van der Waals surface area contributed by atoms with E-state index in [1.807, 2.05) is 12.2 Å². The fraction of sp³-hybridized carbons (Fsp3) is 0.542. The van der Waals surface area contributed by atoms with Crippen LogP contribution in [0.2, 0.25) is 0 Å². The lowest BCUT2D eigenvalue weighted by atomic mass is 10.0. The van der Waals surface area contributed by atoms with Crippen LogP contribution in [-0.2, 0) is 19.1 Å². The van der Waals surface area contributed by atoms with Gasteiger partial charge in [-0.2, -0.15) is 0 Å². The van der Waals surface area contributed by atoms with Crippen LogP contribution in [0.3, 0.4) is 0 Å². The summed E-state index contributed by atoms with van der Waals surface area (Å²) < 4.78 is 11.0. The summed E-state index contributed by atoms with van der Waals surface area (Å²) in [6.07, 6.45) is 11.0. The predicted molar refractivity (Wildman–Crippen MR) is 123 cm³/mol. The number of nitrogens with one attached hydrogen (secondary N) is 1. The summed E-state index contributed by atoms with van der Waals surface area (Å²) in [5.41, 5.74) is 1.30. The summed E-state index contributed by atoms with van der Waals surface area (Å²) in [5.74, 6) is 0.0451. The monoisotopic (exact) mass is 458 g/mol. The lowest BCUT2D eigenvalue weighted by Crippen LogP contribution is -2.59. The van der Waals surface area contributed by atoms with Gasteiger partial charge in [-0.05, 0) is 18.6 Å². The number of likely N-dealkylation sites (N-methyl/N-ethyl adjacent to an activating group) is 1. The van der Waals surface area contributed by atoms with Gasteiger partial charge in [0.25, 0.3) is 5.91 Å². The molecule has 0 aromatic carbocycles. The van der Waals surface area contributed by atoms with Gasteiger partial charge in [0.1, 0.15) is 18.7 Å². The number of imide groups is 1. The first-order chi connectivity index (χ1) is 15.9. The number of amides is 4. The number of nitrogens with zero attached hydrogens (tertiary/aromatic N) is 3. The minimum absolute atomic E-state index is 0.287. The number of urea groups is 1. The SMILES string of the molecule is CCCCCCN(C(=O)N1CC(=O)N(C)C(c2cc[nH]c2)C1=O)C1=CCC(OC)=CC1OC. The van der Waals surface area contributed by atoms with Crippen molar-refractivity contribution in [3.05, 3.63) is 47.6 Å². The van der Waals surface area contributed by atoms with E-state index >= 15 is 0 Å². The Bertz CT molecular complexity index is 908. The minimum Gasteiger partial charge on any atom is -0.501 e. The van der Waals surface area contributed by atoms with Crippen LogP contribution in [0.15, 0.2) is 42.1 Å². The smallest absolute Gasteiger partial charge is 0.331 e. The van der Waals surface area contributed by atoms with Crippen molar-refractivity contribution in [2.24, 2.45) is 0 Å². The molecule has 1 aromatic heterocycles. The molecule has 2 heterocycles. The molecule has 0 radical (unpaired) electrons. The van der Waals surface area contributed by atoms with Crippen molar-refractivity contribution in [1.82, 2.24) is 19.7 Å². The summed E-state index contributed by atoms with van der Waals surface area (Å²) in [5, 5.41) is 0. The summed E-state index contributed by atoms with van der Waals surface area (Å²) in [6, 6.07) is 0.396. The number of aromatic nitrogens is 1. The first-order valence-corrected chi connectivity index (χ1v) is 11.4. The van der Waals surface area contributed by atoms with Crippen molar-refractivity contribution < 1.29 is 23.9 Å². The van der Waals surface area contributed by atoms with Gasteiger partial charge in [0, 0.05) is 45.1 Å². The van der Waals surface area contributed by atoms with E-state index in [4.69, 9.17) is 9.47 Å². The maximum absolute atomic E-state index is 13.8. The number of allylic oxidation sites excluding steroid dienone is 1. The third-order valence-electron chi connectivity index (χ3n) is 6.18. The van der Waals surface area contributed by atoms with E-state index in [0.717, 1.165) is 36.3 Å². The van der Waals surface area contributed by atoms with Crippen LogP contribution in [0.5, 0.6) is 0 Å². The number of piperazine rings is 1. The van der Waals surface area contributed by atoms with Crippen LogP contribution in [0.1, 0.15) is 50.6 Å². The maximum Gasteiger partial charge on any atom is 0.331 e. The van der Waals surface area contributed by atoms with Crippen molar-refractivity contribution in [3.8, 4) is 0 Å². The lowest BCUT2D eigenvalue weighted by molar-refractivity contribution is -0.152. The Morgan fingerprint density at radius 1 is 1.24 bits per heavy atom. The molecule has 1 aromatic rings. The molecule has 180 valence electrons. The van der Waals surface area contributed by atoms with Crippen molar-refractivity contribution in [3.63, 3.8) is 0 Å². The minimum atomic E-state index is -0.845. The second-order valence-corrected chi connectivity index (χ2v) is 8.30. The fourth-order valence-electron chi connectivity index (χ4n) is 4.24. The first-order valence-electron chi connectivity index (χ1n) is 11.4. The van der Waals surface area contributed by atoms with Crippen LogP contribution in [0.25, 0.3) is 0 Å². The average Bonchev–Trinajstić information content (AvgIpc) is 3.35. The molecule has 3 rings (SSSR count). The van der Waals surface area contributed by atoms with Crippen LogP contribution in [0, 0.1) is 0 Å². The second kappa shape index (κ2) is 11.2. The van der Waals surface area contributed by atoms with Gasteiger partial charge in [0.15, 0.2) is 0 Å². The standard InChI is InChI=1S/C24H34N4O5/c1-5-6-7-8-13-27(19-10-9-18(32-3)14-20(19)33-4)24(31)28-16-21(29)26(2)22(23(28)30)17-11-12-25-15-17/h10-12,14-15,20,22,25H,5-9,13,16H2,1-4H3. The Hall–Kier alpha value is -3.07. The molecule has 9 nitrogen and oxygen atoms in total. The predicted octanol–water partition coefficient (Wildman–Crippen LogP) is 3.19. The van der Waals surface area contributed by atoms with Gasteiger partial charge in [0.05, 0.1) is 18.6 Å². The molecular formula is C24H34N4O5. The molecule has 1 saturated heterocycles. The molecule has 33 heavy (non-hydrogen) atoms. The summed E-state index contributed by atoms with van der Waals surface area (Å²) in [6.45, 7) is 2.27. The third kappa shape index (κ3) is 5.30. The fourth-order valence-corrected chi connectivity index (χ4v) is 4.24. The quantitative estimate of drug-likeness (QED) is 0.574. The number of carbonyl (C=O) groups excluding carboxylic acids is 3. The van der Waals surface area contributed by atoms with E-state index in [1.54, 1.807) is 44.6 Å². The van der Waals surface area contributed by atoms with Crippen molar-refractivity contribution in [2.75, 3.05) is 34.4 Å². The number of carbonyl (C=O) groups is 3. The number of aromatic amines is 1. The van der Waals surface area contributed by atoms with Gasteiger partial charge in [0.2, 0.25) is 5.91 Å². The van der Waals surface area contributed by atoms with E-state index in [9.17, 15) is 14.4 Å². The van der Waals surface area contributed by atoms with Crippen molar-refractivity contribution >= 4 is 17.8 Å². The van der Waals surface area contributed by atoms with Gasteiger partial charge in [-0.1, -0.05) is 32.3 Å². The lowest BCUT2D eigenvalue weighted by Gasteiger charge is -2.40. The zero-order valence-corrected chi connectivity index (χ0v) is 19.9. The molecule has 9 heteroatoms. The molecule has 4 amide bonds. The van der Waals surface area contributed by atoms with Crippen LogP contribution >= 0.6 is 0 Å². The molecule has 0 bridgehead atoms. The van der Waals surface area contributed by atoms with Gasteiger partial charge in [-0.3, -0.25) is 19.4 Å². The normalized spacial score (nSPS) is 21.1. The van der Waals surface area contributed by atoms with Crippen LogP contribution < -0.4 is 0 Å². The zero-order chi connectivity index (χ0) is 24.0. The van der Waals surface area contributed by atoms with Gasteiger partial charge >= 0.3 is 6.03 Å². The Labute approximate surface area is 195 Å². The topological polar surface area (TPSA) is 95.2 Å². The highest BCUT2D eigenvalue weighted by Gasteiger charge is 2.43. The van der Waals surface area contributed by atoms with Crippen LogP contribution in [0.4, 0.5) is 4.79 Å². The van der Waals surface area contributed by atoms with E-state index in [0.29, 0.717) is 24.2 Å². The molecule has 0 saturated carbocycles. The Kier molecular flexibility index (Phi) is 8.32. The second-order valence-electron chi connectivity index (χ2n) is 8.30. The van der Waals surface area contributed by atoms with Crippen LogP contribution in [-0.4, -0.2) is 78.0 Å². The van der Waals surface area contributed by atoms with Crippen molar-refractivity contribution in [1.29, 1.82) is 0 Å². The molecule has 2 unspecified atom stereocenters. The van der Waals surface area contributed by atoms with Crippen molar-refractivity contribution in [2.45, 2.75) is 51.2 Å². The molecular weight excluding hydrogens is 424 g/mol. The highest BCUT2D eigenvalue weighted by Crippen LogP contribution is 2.29. The molecule has 1 N–H and O–H groups in total. The number of methoxy groups -OCH3 is 2. The van der Waals surface area contributed by atoms with Gasteiger partial charge < -0.3 is 19.4 Å². The number of rotatable bonds is 9. The Morgan fingerprint density at radius 3 is 2.67 bits per heavy atom. The average molecular weight is 459 g/mol. The maximum atomic E-state index is 13.8. The summed E-state index contributed by atoms with van der Waals surface area (Å²) >= 11 is 0. The number of H-pyrrole nitrogens is 1. The number of hydrogen-bond donors (Lipinski definition) is 1. The molecule has 1 fully saturated rings. The molecule has 1 aliphatic heterocycles. The largest absolute Gasteiger partial charge is 0.501 e. The van der Waals surface area contributed by atoms with E-state index < -0.39 is 24.1 Å². The van der Waals surface area contributed by atoms with Gasteiger partial charge in [-0.25, -0.2) is 4.79 Å². The molecule has 2 aliphatic rings. The zero-order valence-electron chi connectivity index (χ0n) is 19.9. The number of hydrogen-bond acceptors (Lipinski definition) is 5. The summed E-state index contributed by atoms with van der Waals surface area (Å²) in [4.78, 5) is 46.9. The highest BCUT2D eigenvalue weighted by molar-refractivity contribution is 6.05. The highest BCUT2D eigenvalue weighted by atomic mass is 16.5. The molecule has 1 aliphatic carbocycles. The molecule has 0 spiro atoms. The molecule has 2 atom stereocenters. The summed E-state index contributed by atoms with van der Waals surface area (Å²) in [7, 11) is 4.75. The van der Waals surface area contributed by atoms with E-state index in [-0.39, 0.29) is 12.5 Å². The van der Waals surface area contributed by atoms with Gasteiger partial charge in [-0.15, -0.1) is 0 Å². The third-order valence-corrected chi connectivity index (χ3v) is 6.18. The Morgan fingerprint density at radius 2 is 2.03 bits per heavy atom. The first kappa shape index (κ1) is 24.6. The van der Waals surface area contributed by atoms with E-state index in [1.165, 1.54) is 4.90 Å².